The molecule has 0 aliphatic carbocycles. The summed E-state index contributed by atoms with van der Waals surface area (Å²) in [6.07, 6.45) is 5.06. The molecule has 0 saturated carbocycles. The second kappa shape index (κ2) is 9.40. The number of piperidine rings is 1. The van der Waals surface area contributed by atoms with Gasteiger partial charge in [0.1, 0.15) is 11.9 Å². The zero-order valence-electron chi connectivity index (χ0n) is 20.2. The van der Waals surface area contributed by atoms with Crippen molar-refractivity contribution in [3.8, 4) is 16.9 Å². The van der Waals surface area contributed by atoms with Crippen molar-refractivity contribution in [1.82, 2.24) is 13.9 Å². The summed E-state index contributed by atoms with van der Waals surface area (Å²) >= 11 is 0. The maximum absolute atomic E-state index is 13.3. The molecule has 0 radical (unpaired) electrons. The van der Waals surface area contributed by atoms with Crippen LogP contribution in [0.4, 0.5) is 0 Å². The van der Waals surface area contributed by atoms with Gasteiger partial charge in [0.05, 0.1) is 10.5 Å². The zero-order valence-corrected chi connectivity index (χ0v) is 21.0. The zero-order chi connectivity index (χ0) is 25.4. The van der Waals surface area contributed by atoms with Gasteiger partial charge >= 0.3 is 0 Å². The largest absolute Gasteiger partial charge is 0.489 e. The average Bonchev–Trinajstić information content (AvgIpc) is 3.29. The van der Waals surface area contributed by atoms with Crippen molar-refractivity contribution in [3.63, 3.8) is 0 Å². The first-order chi connectivity index (χ1) is 17.2. The van der Waals surface area contributed by atoms with Crippen molar-refractivity contribution in [2.45, 2.75) is 30.8 Å². The SMILES string of the molecule is Cc1ccc(S(=O)(=O)n2ccc3c(C(N)=O)c(-c4cccc(OC5CCCN(C)C5)c4)cnc32)cc1. The molecular weight excluding hydrogens is 476 g/mol. The van der Waals surface area contributed by atoms with Crippen LogP contribution in [0.2, 0.25) is 0 Å². The van der Waals surface area contributed by atoms with Gasteiger partial charge in [-0.1, -0.05) is 29.8 Å². The number of carbonyl (C=O) groups excluding carboxylic acids is 1. The third kappa shape index (κ3) is 4.47. The molecule has 186 valence electrons. The van der Waals surface area contributed by atoms with Crippen LogP contribution in [0.25, 0.3) is 22.2 Å². The number of nitrogens with zero attached hydrogens (tertiary/aromatic N) is 3. The Morgan fingerprint density at radius 2 is 1.92 bits per heavy atom. The molecule has 1 fully saturated rings. The van der Waals surface area contributed by atoms with E-state index in [-0.39, 0.29) is 22.2 Å². The third-order valence-electron chi connectivity index (χ3n) is 6.53. The average molecular weight is 505 g/mol. The minimum absolute atomic E-state index is 0.0937. The van der Waals surface area contributed by atoms with Crippen LogP contribution >= 0.6 is 0 Å². The molecule has 2 aromatic heterocycles. The lowest BCUT2D eigenvalue weighted by atomic mass is 9.99. The lowest BCUT2D eigenvalue weighted by Crippen LogP contribution is -2.38. The number of pyridine rings is 1. The van der Waals surface area contributed by atoms with E-state index in [1.807, 2.05) is 31.2 Å². The minimum atomic E-state index is -3.91. The highest BCUT2D eigenvalue weighted by Gasteiger charge is 2.24. The summed E-state index contributed by atoms with van der Waals surface area (Å²) in [5.74, 6) is 0.0333. The minimum Gasteiger partial charge on any atom is -0.489 e. The van der Waals surface area contributed by atoms with E-state index in [1.54, 1.807) is 30.3 Å². The number of primary amides is 1. The summed E-state index contributed by atoms with van der Waals surface area (Å²) in [5, 5.41) is 0.371. The molecule has 1 aliphatic heterocycles. The molecular formula is C27H28N4O4S. The van der Waals surface area contributed by atoms with Crippen LogP contribution in [0, 0.1) is 6.92 Å². The van der Waals surface area contributed by atoms with E-state index in [0.29, 0.717) is 22.3 Å². The van der Waals surface area contributed by atoms with E-state index < -0.39 is 15.9 Å². The maximum atomic E-state index is 13.3. The van der Waals surface area contributed by atoms with Crippen LogP contribution in [-0.2, 0) is 10.0 Å². The Morgan fingerprint density at radius 3 is 2.64 bits per heavy atom. The van der Waals surface area contributed by atoms with E-state index in [9.17, 15) is 13.2 Å². The standard InChI is InChI=1S/C27H28N4O4S/c1-18-8-10-22(11-9-18)36(33,34)31-14-12-23-25(26(28)32)24(16-29-27(23)31)19-5-3-6-20(15-19)35-21-7-4-13-30(2)17-21/h3,5-6,8-12,14-16,21H,4,7,13,17H2,1-2H3,(H2,28,32). The molecule has 5 rings (SSSR count). The molecule has 1 unspecified atom stereocenters. The number of rotatable bonds is 6. The maximum Gasteiger partial charge on any atom is 0.269 e. The number of aromatic nitrogens is 2. The predicted octanol–water partition coefficient (Wildman–Crippen LogP) is 3.82. The van der Waals surface area contributed by atoms with E-state index in [0.717, 1.165) is 35.5 Å². The van der Waals surface area contributed by atoms with Gasteiger partial charge in [-0.3, -0.25) is 4.79 Å². The Labute approximate surface area is 210 Å². The molecule has 1 aliphatic rings. The molecule has 1 saturated heterocycles. The number of hydrogen-bond acceptors (Lipinski definition) is 6. The van der Waals surface area contributed by atoms with Crippen LogP contribution in [0.3, 0.4) is 0 Å². The molecule has 2 aromatic carbocycles. The number of nitrogens with two attached hydrogens (primary N) is 1. The number of hydrogen-bond donors (Lipinski definition) is 1. The highest BCUT2D eigenvalue weighted by molar-refractivity contribution is 7.90. The number of benzene rings is 2. The van der Waals surface area contributed by atoms with E-state index >= 15 is 0 Å². The normalized spacial score (nSPS) is 16.8. The summed E-state index contributed by atoms with van der Waals surface area (Å²) < 4.78 is 33.9. The fraction of sp³-hybridized carbons (Fsp3) is 0.259. The van der Waals surface area contributed by atoms with Gasteiger partial charge in [-0.15, -0.1) is 0 Å². The van der Waals surface area contributed by atoms with Crippen LogP contribution in [0.15, 0.2) is 71.9 Å². The predicted molar refractivity (Wildman–Crippen MR) is 139 cm³/mol. The van der Waals surface area contributed by atoms with Gasteiger partial charge in [0.15, 0.2) is 5.65 Å². The lowest BCUT2D eigenvalue weighted by Gasteiger charge is -2.30. The molecule has 0 spiro atoms. The summed E-state index contributed by atoms with van der Waals surface area (Å²) in [6, 6.07) is 15.6. The molecule has 8 nitrogen and oxygen atoms in total. The van der Waals surface area contributed by atoms with Gasteiger partial charge in [0.2, 0.25) is 5.91 Å². The molecule has 4 aromatic rings. The molecule has 2 N–H and O–H groups in total. The van der Waals surface area contributed by atoms with Gasteiger partial charge in [-0.25, -0.2) is 17.4 Å². The number of amides is 1. The van der Waals surface area contributed by atoms with Crippen molar-refractivity contribution < 1.29 is 17.9 Å². The highest BCUT2D eigenvalue weighted by Crippen LogP contribution is 2.33. The number of likely N-dealkylation sites (N-methyl/N-ethyl adjacent to an activating group) is 1. The van der Waals surface area contributed by atoms with Crippen molar-refractivity contribution in [3.05, 3.63) is 78.1 Å². The number of fused-ring (bicyclic) bond motifs is 1. The van der Waals surface area contributed by atoms with Crippen LogP contribution < -0.4 is 10.5 Å². The van der Waals surface area contributed by atoms with Crippen LogP contribution in [-0.4, -0.2) is 54.4 Å². The van der Waals surface area contributed by atoms with Crippen LogP contribution in [0.1, 0.15) is 28.8 Å². The Hall–Kier alpha value is -3.69. The summed E-state index contributed by atoms with van der Waals surface area (Å²) in [5.41, 5.74) is 8.35. The van der Waals surface area contributed by atoms with Gasteiger partial charge in [0.25, 0.3) is 10.0 Å². The first kappa shape index (κ1) is 24.0. The Kier molecular flexibility index (Phi) is 6.27. The van der Waals surface area contributed by atoms with E-state index in [1.165, 1.54) is 12.4 Å². The topological polar surface area (TPSA) is 108 Å². The van der Waals surface area contributed by atoms with E-state index in [2.05, 4.69) is 16.9 Å². The van der Waals surface area contributed by atoms with Gasteiger partial charge in [-0.05, 0) is 69.3 Å². The highest BCUT2D eigenvalue weighted by atomic mass is 32.2. The van der Waals surface area contributed by atoms with Gasteiger partial charge in [0, 0.05) is 29.9 Å². The molecule has 36 heavy (non-hydrogen) atoms. The summed E-state index contributed by atoms with van der Waals surface area (Å²) in [6.45, 7) is 3.80. The van der Waals surface area contributed by atoms with Gasteiger partial charge in [-0.2, -0.15) is 0 Å². The smallest absolute Gasteiger partial charge is 0.269 e. The van der Waals surface area contributed by atoms with Crippen molar-refractivity contribution >= 4 is 27.0 Å². The Balaban J connectivity index is 1.56. The Morgan fingerprint density at radius 1 is 1.14 bits per heavy atom. The lowest BCUT2D eigenvalue weighted by molar-refractivity contribution is 0.100. The number of carbonyl (C=O) groups is 1. The van der Waals surface area contributed by atoms with Gasteiger partial charge < -0.3 is 15.4 Å². The number of aryl methyl sites for hydroxylation is 1. The summed E-state index contributed by atoms with van der Waals surface area (Å²) in [4.78, 5) is 19.4. The first-order valence-corrected chi connectivity index (χ1v) is 13.3. The monoisotopic (exact) mass is 504 g/mol. The second-order valence-electron chi connectivity index (χ2n) is 9.25. The van der Waals surface area contributed by atoms with Crippen molar-refractivity contribution in [2.24, 2.45) is 5.73 Å². The molecule has 1 amide bonds. The second-order valence-corrected chi connectivity index (χ2v) is 11.1. The fourth-order valence-corrected chi connectivity index (χ4v) is 6.01. The molecule has 9 heteroatoms. The molecule has 0 bridgehead atoms. The van der Waals surface area contributed by atoms with E-state index in [4.69, 9.17) is 10.5 Å². The third-order valence-corrected chi connectivity index (χ3v) is 8.21. The molecule has 3 heterocycles. The van der Waals surface area contributed by atoms with Crippen molar-refractivity contribution in [2.75, 3.05) is 20.1 Å². The van der Waals surface area contributed by atoms with Crippen LogP contribution in [0.5, 0.6) is 5.75 Å². The number of ether oxygens (including phenoxy) is 1. The summed E-state index contributed by atoms with van der Waals surface area (Å²) in [7, 11) is -1.83. The Bertz CT molecular complexity index is 1540. The molecule has 1 atom stereocenters. The van der Waals surface area contributed by atoms with Crippen molar-refractivity contribution in [1.29, 1.82) is 0 Å². The quantitative estimate of drug-likeness (QED) is 0.428. The first-order valence-electron chi connectivity index (χ1n) is 11.8. The number of likely N-dealkylation sites (tertiary alicyclic amines) is 1. The fourth-order valence-electron chi connectivity index (χ4n) is 4.71.